The molecule has 1 atom stereocenters. The van der Waals surface area contributed by atoms with E-state index in [1.165, 1.54) is 18.4 Å². The Kier molecular flexibility index (Phi) is 6.71. The highest BCUT2D eigenvalue weighted by Gasteiger charge is 2.11. The van der Waals surface area contributed by atoms with Crippen molar-refractivity contribution in [3.05, 3.63) is 23.8 Å². The molecule has 0 bridgehead atoms. The number of ether oxygens (including phenoxy) is 2. The molecule has 1 rings (SSSR count). The van der Waals surface area contributed by atoms with Crippen molar-refractivity contribution in [3.63, 3.8) is 0 Å². The van der Waals surface area contributed by atoms with Gasteiger partial charge in [-0.1, -0.05) is 19.9 Å². The van der Waals surface area contributed by atoms with Gasteiger partial charge in [-0.3, -0.25) is 0 Å². The molecule has 0 aliphatic rings. The van der Waals surface area contributed by atoms with Crippen molar-refractivity contribution < 1.29 is 9.47 Å². The van der Waals surface area contributed by atoms with Crippen LogP contribution in [0.4, 0.5) is 0 Å². The molecule has 0 aliphatic heterocycles. The zero-order chi connectivity index (χ0) is 14.3. The highest BCUT2D eigenvalue weighted by molar-refractivity contribution is 5.43. The maximum atomic E-state index is 5.34. The zero-order valence-electron chi connectivity index (χ0n) is 12.8. The fourth-order valence-electron chi connectivity index (χ4n) is 2.35. The largest absolute Gasteiger partial charge is 0.493 e. The predicted molar refractivity (Wildman–Crippen MR) is 80.2 cm³/mol. The Balaban J connectivity index is 2.66. The van der Waals surface area contributed by atoms with Crippen molar-refractivity contribution in [1.82, 2.24) is 5.32 Å². The first-order valence-corrected chi connectivity index (χ1v) is 7.11. The van der Waals surface area contributed by atoms with Crippen molar-refractivity contribution in [2.75, 3.05) is 14.2 Å². The molecule has 3 heteroatoms. The molecule has 0 fully saturated rings. The quantitative estimate of drug-likeness (QED) is 0.781. The molecule has 0 aliphatic carbocycles. The van der Waals surface area contributed by atoms with Gasteiger partial charge in [0.1, 0.15) is 0 Å². The minimum absolute atomic E-state index is 0.461. The van der Waals surface area contributed by atoms with Crippen LogP contribution < -0.4 is 14.8 Å². The lowest BCUT2D eigenvalue weighted by molar-refractivity contribution is 0.354. The molecule has 0 saturated heterocycles. The average Bonchev–Trinajstić information content (AvgIpc) is 2.44. The summed E-state index contributed by atoms with van der Waals surface area (Å²) in [5.41, 5.74) is 1.27. The molecule has 0 spiro atoms. The van der Waals surface area contributed by atoms with Crippen LogP contribution in [0.5, 0.6) is 11.5 Å². The Morgan fingerprint density at radius 2 is 1.68 bits per heavy atom. The summed E-state index contributed by atoms with van der Waals surface area (Å²) in [4.78, 5) is 0. The highest BCUT2D eigenvalue weighted by Crippen LogP contribution is 2.28. The molecule has 0 saturated carbocycles. The van der Waals surface area contributed by atoms with Gasteiger partial charge in [-0.25, -0.2) is 0 Å². The van der Waals surface area contributed by atoms with Crippen LogP contribution in [0.2, 0.25) is 0 Å². The number of hydrogen-bond acceptors (Lipinski definition) is 3. The Labute approximate surface area is 117 Å². The smallest absolute Gasteiger partial charge is 0.160 e. The number of benzene rings is 1. The first-order chi connectivity index (χ1) is 9.14. The van der Waals surface area contributed by atoms with E-state index in [0.29, 0.717) is 12.1 Å². The van der Waals surface area contributed by atoms with Crippen molar-refractivity contribution in [1.29, 1.82) is 0 Å². The van der Waals surface area contributed by atoms with E-state index in [0.717, 1.165) is 17.9 Å². The van der Waals surface area contributed by atoms with Gasteiger partial charge in [0.25, 0.3) is 0 Å². The van der Waals surface area contributed by atoms with Crippen molar-refractivity contribution in [2.24, 2.45) is 0 Å². The fourth-order valence-corrected chi connectivity index (χ4v) is 2.35. The standard InChI is InChI=1S/C16H27NO2/c1-6-14(7-2)17-12(3)10-13-8-9-15(18-4)16(11-13)19-5/h8-9,11-12,14,17H,6-7,10H2,1-5H3. The first-order valence-electron chi connectivity index (χ1n) is 7.11. The summed E-state index contributed by atoms with van der Waals surface area (Å²) in [5.74, 6) is 1.58. The van der Waals surface area contributed by atoms with Gasteiger partial charge in [-0.05, 0) is 43.9 Å². The molecule has 0 amide bonds. The normalized spacial score (nSPS) is 12.5. The number of rotatable bonds is 8. The van der Waals surface area contributed by atoms with Crippen LogP contribution in [0.3, 0.4) is 0 Å². The molecule has 1 aromatic rings. The van der Waals surface area contributed by atoms with Crippen molar-refractivity contribution in [3.8, 4) is 11.5 Å². The molecule has 1 N–H and O–H groups in total. The highest BCUT2D eigenvalue weighted by atomic mass is 16.5. The number of methoxy groups -OCH3 is 2. The van der Waals surface area contributed by atoms with E-state index in [4.69, 9.17) is 9.47 Å². The number of nitrogens with one attached hydrogen (secondary N) is 1. The van der Waals surface area contributed by atoms with Crippen LogP contribution in [0, 0.1) is 0 Å². The molecule has 1 aromatic carbocycles. The lowest BCUT2D eigenvalue weighted by Gasteiger charge is -2.21. The van der Waals surface area contributed by atoms with E-state index in [-0.39, 0.29) is 0 Å². The summed E-state index contributed by atoms with van der Waals surface area (Å²) in [6.45, 7) is 6.68. The summed E-state index contributed by atoms with van der Waals surface area (Å²) < 4.78 is 10.6. The molecule has 0 heterocycles. The monoisotopic (exact) mass is 265 g/mol. The summed E-state index contributed by atoms with van der Waals surface area (Å²) in [6.07, 6.45) is 3.34. The van der Waals surface area contributed by atoms with Gasteiger partial charge >= 0.3 is 0 Å². The molecule has 0 radical (unpaired) electrons. The van der Waals surface area contributed by atoms with Gasteiger partial charge in [0.15, 0.2) is 11.5 Å². The summed E-state index contributed by atoms with van der Waals surface area (Å²) >= 11 is 0. The maximum Gasteiger partial charge on any atom is 0.160 e. The topological polar surface area (TPSA) is 30.5 Å². The lowest BCUT2D eigenvalue weighted by Crippen LogP contribution is -2.36. The maximum absolute atomic E-state index is 5.34. The molecule has 1 unspecified atom stereocenters. The third-order valence-corrected chi connectivity index (χ3v) is 3.50. The van der Waals surface area contributed by atoms with Crippen LogP contribution in [-0.2, 0) is 6.42 Å². The van der Waals surface area contributed by atoms with Gasteiger partial charge in [-0.2, -0.15) is 0 Å². The van der Waals surface area contributed by atoms with Crippen LogP contribution in [-0.4, -0.2) is 26.3 Å². The predicted octanol–water partition coefficient (Wildman–Crippen LogP) is 3.41. The van der Waals surface area contributed by atoms with Gasteiger partial charge < -0.3 is 14.8 Å². The van der Waals surface area contributed by atoms with Crippen LogP contribution in [0.25, 0.3) is 0 Å². The van der Waals surface area contributed by atoms with E-state index in [1.54, 1.807) is 14.2 Å². The second kappa shape index (κ2) is 8.05. The Morgan fingerprint density at radius 3 is 2.21 bits per heavy atom. The zero-order valence-corrected chi connectivity index (χ0v) is 12.8. The second-order valence-corrected chi connectivity index (χ2v) is 4.97. The molecule has 3 nitrogen and oxygen atoms in total. The Hall–Kier alpha value is -1.22. The van der Waals surface area contributed by atoms with Crippen molar-refractivity contribution >= 4 is 0 Å². The van der Waals surface area contributed by atoms with E-state index in [2.05, 4.69) is 38.2 Å². The Morgan fingerprint density at radius 1 is 1.05 bits per heavy atom. The third-order valence-electron chi connectivity index (χ3n) is 3.50. The summed E-state index contributed by atoms with van der Waals surface area (Å²) in [6, 6.07) is 7.20. The molecular formula is C16H27NO2. The minimum atomic E-state index is 0.461. The van der Waals surface area contributed by atoms with Crippen LogP contribution >= 0.6 is 0 Å². The van der Waals surface area contributed by atoms with Gasteiger partial charge in [0, 0.05) is 12.1 Å². The van der Waals surface area contributed by atoms with Gasteiger partial charge in [-0.15, -0.1) is 0 Å². The minimum Gasteiger partial charge on any atom is -0.493 e. The third kappa shape index (κ3) is 4.75. The number of hydrogen-bond donors (Lipinski definition) is 1. The second-order valence-electron chi connectivity index (χ2n) is 4.97. The Bertz CT molecular complexity index is 375. The van der Waals surface area contributed by atoms with Crippen LogP contribution in [0.15, 0.2) is 18.2 Å². The molecule has 19 heavy (non-hydrogen) atoms. The van der Waals surface area contributed by atoms with Gasteiger partial charge in [0.05, 0.1) is 14.2 Å². The van der Waals surface area contributed by atoms with E-state index < -0.39 is 0 Å². The van der Waals surface area contributed by atoms with Gasteiger partial charge in [0.2, 0.25) is 0 Å². The van der Waals surface area contributed by atoms with E-state index in [9.17, 15) is 0 Å². The van der Waals surface area contributed by atoms with Crippen molar-refractivity contribution in [2.45, 2.75) is 52.1 Å². The average molecular weight is 265 g/mol. The van der Waals surface area contributed by atoms with E-state index in [1.807, 2.05) is 6.07 Å². The lowest BCUT2D eigenvalue weighted by atomic mass is 10.0. The SMILES string of the molecule is CCC(CC)NC(C)Cc1ccc(OC)c(OC)c1. The first kappa shape index (κ1) is 15.8. The summed E-state index contributed by atoms with van der Waals surface area (Å²) in [7, 11) is 3.34. The fraction of sp³-hybridized carbons (Fsp3) is 0.625. The molecule has 108 valence electrons. The van der Waals surface area contributed by atoms with Crippen LogP contribution in [0.1, 0.15) is 39.2 Å². The molecule has 0 aromatic heterocycles. The molecular weight excluding hydrogens is 238 g/mol. The summed E-state index contributed by atoms with van der Waals surface area (Å²) in [5, 5.41) is 3.66. The van der Waals surface area contributed by atoms with E-state index >= 15 is 0 Å².